The van der Waals surface area contributed by atoms with E-state index >= 15 is 0 Å². The van der Waals surface area contributed by atoms with Crippen LogP contribution in [-0.4, -0.2) is 59.5 Å². The van der Waals surface area contributed by atoms with Crippen LogP contribution in [0.2, 0.25) is 0 Å². The summed E-state index contributed by atoms with van der Waals surface area (Å²) in [4.78, 5) is 15.1. The zero-order chi connectivity index (χ0) is 22.5. The average molecular weight is 452 g/mol. The number of piperidine rings is 1. The lowest BCUT2D eigenvalue weighted by Gasteiger charge is -2.40. The van der Waals surface area contributed by atoms with E-state index in [1.807, 2.05) is 10.8 Å². The SMILES string of the molecule is COC(=O)C1C=C(N2CCC3NCCC3C2)c2c(C3CCC3)nn(-c3ccc(F)cc3)c2N1. The first-order chi connectivity index (χ1) is 16.1. The highest BCUT2D eigenvalue weighted by molar-refractivity contribution is 5.90. The van der Waals surface area contributed by atoms with Crippen molar-refractivity contribution in [2.75, 3.05) is 32.1 Å². The fraction of sp³-hybridized carbons (Fsp3) is 0.520. The molecule has 0 radical (unpaired) electrons. The summed E-state index contributed by atoms with van der Waals surface area (Å²) in [6.45, 7) is 3.00. The molecule has 3 unspecified atom stereocenters. The quantitative estimate of drug-likeness (QED) is 0.696. The molecule has 2 aromatic rings. The lowest BCUT2D eigenvalue weighted by Crippen LogP contribution is -2.45. The maximum absolute atomic E-state index is 13.6. The maximum Gasteiger partial charge on any atom is 0.332 e. The number of hydrogen-bond donors (Lipinski definition) is 2. The molecule has 0 spiro atoms. The van der Waals surface area contributed by atoms with Gasteiger partial charge in [0.15, 0.2) is 0 Å². The van der Waals surface area contributed by atoms with Gasteiger partial charge in [-0.15, -0.1) is 0 Å². The molecule has 8 heteroatoms. The van der Waals surface area contributed by atoms with Crippen LogP contribution in [0.4, 0.5) is 10.2 Å². The normalized spacial score (nSPS) is 26.7. The van der Waals surface area contributed by atoms with E-state index in [0.29, 0.717) is 17.9 Å². The predicted octanol–water partition coefficient (Wildman–Crippen LogP) is 3.27. The van der Waals surface area contributed by atoms with Crippen LogP contribution in [0.25, 0.3) is 11.4 Å². The second-order valence-corrected chi connectivity index (χ2v) is 9.67. The molecular formula is C25H30FN5O2. The number of carbonyl (C=O) groups excluding carboxylic acids is 1. The summed E-state index contributed by atoms with van der Waals surface area (Å²) in [6.07, 6.45) is 7.75. The molecule has 0 amide bonds. The van der Waals surface area contributed by atoms with Crippen LogP contribution in [0, 0.1) is 11.7 Å². The molecule has 1 saturated carbocycles. The molecule has 1 aromatic heterocycles. The Morgan fingerprint density at radius 3 is 2.73 bits per heavy atom. The van der Waals surface area contributed by atoms with E-state index in [4.69, 9.17) is 9.84 Å². The van der Waals surface area contributed by atoms with E-state index < -0.39 is 6.04 Å². The molecule has 4 aliphatic rings. The number of esters is 1. The predicted molar refractivity (Wildman–Crippen MR) is 124 cm³/mol. The van der Waals surface area contributed by atoms with Crippen LogP contribution < -0.4 is 10.6 Å². The molecule has 3 atom stereocenters. The van der Waals surface area contributed by atoms with E-state index in [1.165, 1.54) is 32.1 Å². The van der Waals surface area contributed by atoms with Crippen molar-refractivity contribution in [2.45, 2.75) is 50.1 Å². The van der Waals surface area contributed by atoms with Gasteiger partial charge in [-0.2, -0.15) is 5.10 Å². The fourth-order valence-electron chi connectivity index (χ4n) is 5.77. The Labute approximate surface area is 193 Å². The number of likely N-dealkylation sites (tertiary alicyclic amines) is 1. The van der Waals surface area contributed by atoms with Crippen molar-refractivity contribution >= 4 is 17.5 Å². The summed E-state index contributed by atoms with van der Waals surface area (Å²) in [7, 11) is 1.42. The van der Waals surface area contributed by atoms with Gasteiger partial charge in [0, 0.05) is 30.7 Å². The lowest BCUT2D eigenvalue weighted by atomic mass is 9.80. The molecule has 0 bridgehead atoms. The number of fused-ring (bicyclic) bond motifs is 2. The Hall–Kier alpha value is -2.87. The molecular weight excluding hydrogens is 421 g/mol. The summed E-state index contributed by atoms with van der Waals surface area (Å²) in [6, 6.07) is 6.35. The number of hydrogen-bond acceptors (Lipinski definition) is 6. The minimum atomic E-state index is -0.595. The van der Waals surface area contributed by atoms with Gasteiger partial charge in [-0.3, -0.25) is 0 Å². The van der Waals surface area contributed by atoms with Crippen molar-refractivity contribution in [3.05, 3.63) is 47.4 Å². The Balaban J connectivity index is 1.47. The first-order valence-corrected chi connectivity index (χ1v) is 12.1. The molecule has 1 aromatic carbocycles. The second kappa shape index (κ2) is 8.17. The highest BCUT2D eigenvalue weighted by Gasteiger charge is 2.40. The van der Waals surface area contributed by atoms with Gasteiger partial charge >= 0.3 is 5.97 Å². The highest BCUT2D eigenvalue weighted by atomic mass is 19.1. The number of halogens is 1. The van der Waals surface area contributed by atoms with Crippen molar-refractivity contribution in [1.29, 1.82) is 0 Å². The number of nitrogens with one attached hydrogen (secondary N) is 2. The summed E-state index contributed by atoms with van der Waals surface area (Å²) in [5, 5.41) is 12.1. The zero-order valence-electron chi connectivity index (χ0n) is 18.9. The number of benzene rings is 1. The van der Waals surface area contributed by atoms with E-state index in [2.05, 4.69) is 15.5 Å². The first kappa shape index (κ1) is 20.7. The third kappa shape index (κ3) is 3.51. The number of carbonyl (C=O) groups is 1. The monoisotopic (exact) mass is 451 g/mol. The summed E-state index contributed by atoms with van der Waals surface area (Å²) < 4.78 is 20.6. The van der Waals surface area contributed by atoms with Gasteiger partial charge in [0.2, 0.25) is 0 Å². The minimum Gasteiger partial charge on any atom is -0.467 e. The molecule has 174 valence electrons. The number of nitrogens with zero attached hydrogens (tertiary/aromatic N) is 3. The average Bonchev–Trinajstić information content (AvgIpc) is 3.42. The third-order valence-electron chi connectivity index (χ3n) is 7.80. The summed E-state index contributed by atoms with van der Waals surface area (Å²) in [5.74, 6) is 1.21. The smallest absolute Gasteiger partial charge is 0.332 e. The third-order valence-corrected chi connectivity index (χ3v) is 7.80. The topological polar surface area (TPSA) is 71.4 Å². The molecule has 2 saturated heterocycles. The molecule has 6 rings (SSSR count). The molecule has 2 N–H and O–H groups in total. The molecule has 4 heterocycles. The highest BCUT2D eigenvalue weighted by Crippen LogP contribution is 2.46. The van der Waals surface area contributed by atoms with Gasteiger partial charge in [0.1, 0.15) is 17.7 Å². The summed E-state index contributed by atoms with van der Waals surface area (Å²) in [5.41, 5.74) is 4.02. The van der Waals surface area contributed by atoms with Crippen LogP contribution in [0.5, 0.6) is 0 Å². The van der Waals surface area contributed by atoms with Crippen LogP contribution >= 0.6 is 0 Å². The molecule has 33 heavy (non-hydrogen) atoms. The van der Waals surface area contributed by atoms with Crippen LogP contribution in [0.1, 0.15) is 49.3 Å². The number of anilines is 1. The zero-order valence-corrected chi connectivity index (χ0v) is 18.9. The van der Waals surface area contributed by atoms with E-state index in [-0.39, 0.29) is 11.8 Å². The van der Waals surface area contributed by atoms with Gasteiger partial charge in [-0.05, 0) is 68.5 Å². The van der Waals surface area contributed by atoms with Gasteiger partial charge in [-0.25, -0.2) is 13.9 Å². The van der Waals surface area contributed by atoms with Gasteiger partial charge in [0.05, 0.1) is 24.1 Å². The van der Waals surface area contributed by atoms with Crippen LogP contribution in [0.3, 0.4) is 0 Å². The van der Waals surface area contributed by atoms with Crippen molar-refractivity contribution < 1.29 is 13.9 Å². The van der Waals surface area contributed by atoms with Crippen LogP contribution in [0.15, 0.2) is 30.3 Å². The van der Waals surface area contributed by atoms with Crippen molar-refractivity contribution in [3.63, 3.8) is 0 Å². The molecule has 1 aliphatic carbocycles. The Kier molecular flexibility index (Phi) is 5.13. The Morgan fingerprint density at radius 2 is 2.00 bits per heavy atom. The van der Waals surface area contributed by atoms with Crippen molar-refractivity contribution in [1.82, 2.24) is 20.0 Å². The van der Waals surface area contributed by atoms with Crippen LogP contribution in [-0.2, 0) is 9.53 Å². The molecule has 3 aliphatic heterocycles. The fourth-order valence-corrected chi connectivity index (χ4v) is 5.77. The van der Waals surface area contributed by atoms with E-state index in [1.54, 1.807) is 12.1 Å². The lowest BCUT2D eigenvalue weighted by molar-refractivity contribution is -0.140. The van der Waals surface area contributed by atoms with Crippen molar-refractivity contribution in [3.8, 4) is 5.69 Å². The number of rotatable bonds is 4. The maximum atomic E-state index is 13.6. The van der Waals surface area contributed by atoms with E-state index in [0.717, 1.165) is 67.4 Å². The largest absolute Gasteiger partial charge is 0.467 e. The van der Waals surface area contributed by atoms with Gasteiger partial charge in [0.25, 0.3) is 0 Å². The van der Waals surface area contributed by atoms with Gasteiger partial charge in [-0.1, -0.05) is 6.42 Å². The van der Waals surface area contributed by atoms with Crippen molar-refractivity contribution in [2.24, 2.45) is 5.92 Å². The molecule has 7 nitrogen and oxygen atoms in total. The second-order valence-electron chi connectivity index (χ2n) is 9.67. The first-order valence-electron chi connectivity index (χ1n) is 12.1. The number of ether oxygens (including phenoxy) is 1. The molecule has 3 fully saturated rings. The Morgan fingerprint density at radius 1 is 1.18 bits per heavy atom. The van der Waals surface area contributed by atoms with Gasteiger partial charge < -0.3 is 20.3 Å². The summed E-state index contributed by atoms with van der Waals surface area (Å²) >= 11 is 0. The standard InChI is InChI=1S/C25H30FN5O2/c1-33-25(32)20-13-21(30-12-10-19-16(14-30)9-11-27-19)22-23(15-3-2-4-15)29-31(24(22)28-20)18-7-5-17(26)6-8-18/h5-8,13,15-16,19-20,27-28H,2-4,9-12,14H2,1H3. The minimum absolute atomic E-state index is 0.284. The number of aromatic nitrogens is 2. The number of methoxy groups -OCH3 is 1. The Bertz CT molecular complexity index is 1090. The van der Waals surface area contributed by atoms with E-state index in [9.17, 15) is 9.18 Å².